The molecule has 0 aromatic heterocycles. The first kappa shape index (κ1) is 14.6. The van der Waals surface area contributed by atoms with E-state index in [1.165, 1.54) is 12.8 Å². The second-order valence-corrected chi connectivity index (χ2v) is 7.62. The molecule has 1 aliphatic heterocycles. The molecule has 0 saturated carbocycles. The lowest BCUT2D eigenvalue weighted by Gasteiger charge is -2.21. The molecule has 5 nitrogen and oxygen atoms in total. The largest absolute Gasteiger partial charge is 0.323 e. The van der Waals surface area contributed by atoms with Crippen molar-refractivity contribution in [2.45, 2.75) is 29.4 Å². The molecule has 1 saturated heterocycles. The fourth-order valence-electron chi connectivity index (χ4n) is 2.07. The minimum absolute atomic E-state index is 0.193. The first-order valence-corrected chi connectivity index (χ1v) is 8.83. The predicted molar refractivity (Wildman–Crippen MR) is 79.5 cm³/mol. The van der Waals surface area contributed by atoms with Gasteiger partial charge in [0.15, 0.2) is 0 Å². The van der Waals surface area contributed by atoms with Gasteiger partial charge in [0.05, 0.1) is 5.69 Å². The first-order chi connectivity index (χ1) is 9.13. The summed E-state index contributed by atoms with van der Waals surface area (Å²) in [6.45, 7) is 0.478. The Labute approximate surface area is 118 Å². The van der Waals surface area contributed by atoms with E-state index in [4.69, 9.17) is 5.84 Å². The lowest BCUT2D eigenvalue weighted by Crippen LogP contribution is -2.32. The normalized spacial score (nSPS) is 20.2. The van der Waals surface area contributed by atoms with Crippen molar-refractivity contribution in [1.82, 2.24) is 4.72 Å². The molecule has 106 valence electrons. The van der Waals surface area contributed by atoms with E-state index in [0.717, 1.165) is 12.2 Å². The first-order valence-electron chi connectivity index (χ1n) is 6.30. The van der Waals surface area contributed by atoms with Crippen molar-refractivity contribution in [2.75, 3.05) is 17.7 Å². The van der Waals surface area contributed by atoms with Crippen LogP contribution < -0.4 is 16.0 Å². The van der Waals surface area contributed by atoms with Gasteiger partial charge >= 0.3 is 0 Å². The molecule has 19 heavy (non-hydrogen) atoms. The zero-order valence-corrected chi connectivity index (χ0v) is 12.3. The molecular weight excluding hydrogens is 282 g/mol. The van der Waals surface area contributed by atoms with E-state index >= 15 is 0 Å². The van der Waals surface area contributed by atoms with Crippen LogP contribution in [0.15, 0.2) is 29.2 Å². The van der Waals surface area contributed by atoms with Gasteiger partial charge in [-0.3, -0.25) is 5.84 Å². The molecule has 0 bridgehead atoms. The highest BCUT2D eigenvalue weighted by atomic mass is 32.2. The molecule has 2 rings (SSSR count). The summed E-state index contributed by atoms with van der Waals surface area (Å²) in [6, 6.07) is 6.62. The van der Waals surface area contributed by atoms with E-state index in [1.807, 2.05) is 11.8 Å². The SMILES string of the molecule is NNc1ccccc1S(=O)(=O)NCC1CCCCS1. The van der Waals surface area contributed by atoms with Crippen molar-refractivity contribution in [3.63, 3.8) is 0 Å². The van der Waals surface area contributed by atoms with E-state index in [1.54, 1.807) is 24.3 Å². The van der Waals surface area contributed by atoms with Gasteiger partial charge in [0.2, 0.25) is 10.0 Å². The molecule has 1 unspecified atom stereocenters. The third kappa shape index (κ3) is 3.85. The van der Waals surface area contributed by atoms with Crippen LogP contribution in [0.1, 0.15) is 19.3 Å². The van der Waals surface area contributed by atoms with Crippen LogP contribution in [0, 0.1) is 0 Å². The van der Waals surface area contributed by atoms with Crippen molar-refractivity contribution in [3.8, 4) is 0 Å². The monoisotopic (exact) mass is 301 g/mol. The van der Waals surface area contributed by atoms with Crippen LogP contribution in [-0.4, -0.2) is 26.0 Å². The van der Waals surface area contributed by atoms with Crippen LogP contribution in [0.5, 0.6) is 0 Å². The zero-order chi connectivity index (χ0) is 13.7. The lowest BCUT2D eigenvalue weighted by atomic mass is 10.2. The zero-order valence-electron chi connectivity index (χ0n) is 10.6. The Bertz CT molecular complexity index is 513. The number of hydrazine groups is 1. The van der Waals surface area contributed by atoms with Crippen LogP contribution >= 0.6 is 11.8 Å². The Morgan fingerprint density at radius 3 is 2.79 bits per heavy atom. The van der Waals surface area contributed by atoms with Gasteiger partial charge in [0.25, 0.3) is 0 Å². The summed E-state index contributed by atoms with van der Waals surface area (Å²) in [4.78, 5) is 0.193. The fourth-order valence-corrected chi connectivity index (χ4v) is 4.66. The van der Waals surface area contributed by atoms with Gasteiger partial charge in [0.1, 0.15) is 4.90 Å². The smallest absolute Gasteiger partial charge is 0.242 e. The van der Waals surface area contributed by atoms with Crippen molar-refractivity contribution in [1.29, 1.82) is 0 Å². The maximum absolute atomic E-state index is 12.2. The van der Waals surface area contributed by atoms with Crippen molar-refractivity contribution in [3.05, 3.63) is 24.3 Å². The summed E-state index contributed by atoms with van der Waals surface area (Å²) < 4.78 is 27.2. The van der Waals surface area contributed by atoms with E-state index < -0.39 is 10.0 Å². The quantitative estimate of drug-likeness (QED) is 0.567. The Morgan fingerprint density at radius 2 is 2.11 bits per heavy atom. The van der Waals surface area contributed by atoms with Gasteiger partial charge < -0.3 is 5.43 Å². The standard InChI is InChI=1S/C12H19N3O2S2/c13-15-11-6-1-2-7-12(11)19(16,17)14-9-10-5-3-4-8-18-10/h1-2,6-7,10,14-15H,3-5,8-9,13H2. The third-order valence-electron chi connectivity index (χ3n) is 3.11. The summed E-state index contributed by atoms with van der Waals surface area (Å²) in [5.74, 6) is 6.46. The van der Waals surface area contributed by atoms with E-state index in [-0.39, 0.29) is 4.90 Å². The average Bonchev–Trinajstić information content (AvgIpc) is 2.46. The predicted octanol–water partition coefficient (Wildman–Crippen LogP) is 1.54. The second-order valence-electron chi connectivity index (χ2n) is 4.48. The highest BCUT2D eigenvalue weighted by Crippen LogP contribution is 2.25. The number of sulfonamides is 1. The number of para-hydroxylation sites is 1. The van der Waals surface area contributed by atoms with Crippen molar-refractivity contribution < 1.29 is 8.42 Å². The van der Waals surface area contributed by atoms with Gasteiger partial charge in [0, 0.05) is 11.8 Å². The molecule has 4 N–H and O–H groups in total. The maximum Gasteiger partial charge on any atom is 0.242 e. The number of thioether (sulfide) groups is 1. The Balaban J connectivity index is 2.05. The molecule has 1 aromatic carbocycles. The lowest BCUT2D eigenvalue weighted by molar-refractivity contribution is 0.574. The minimum Gasteiger partial charge on any atom is -0.323 e. The highest BCUT2D eigenvalue weighted by molar-refractivity contribution is 8.00. The molecule has 0 amide bonds. The number of hydrogen-bond donors (Lipinski definition) is 3. The Kier molecular flexibility index (Phi) is 5.09. The number of benzene rings is 1. The second kappa shape index (κ2) is 6.60. The molecule has 1 atom stereocenters. The summed E-state index contributed by atoms with van der Waals surface area (Å²) in [6.07, 6.45) is 3.48. The number of anilines is 1. The topological polar surface area (TPSA) is 84.2 Å². The number of hydrogen-bond acceptors (Lipinski definition) is 5. The molecule has 0 radical (unpaired) electrons. The van der Waals surface area contributed by atoms with Crippen LogP contribution in [0.3, 0.4) is 0 Å². The molecule has 1 aliphatic rings. The van der Waals surface area contributed by atoms with E-state index in [0.29, 0.717) is 17.5 Å². The van der Waals surface area contributed by atoms with Gasteiger partial charge in [-0.05, 0) is 30.7 Å². The van der Waals surface area contributed by atoms with Crippen molar-refractivity contribution >= 4 is 27.5 Å². The summed E-state index contributed by atoms with van der Waals surface area (Å²) in [5, 5.41) is 0.376. The molecule has 7 heteroatoms. The Morgan fingerprint density at radius 1 is 1.32 bits per heavy atom. The highest BCUT2D eigenvalue weighted by Gasteiger charge is 2.21. The Hall–Kier alpha value is -0.760. The summed E-state index contributed by atoms with van der Waals surface area (Å²) in [7, 11) is -3.51. The maximum atomic E-state index is 12.2. The van der Waals surface area contributed by atoms with Crippen LogP contribution in [-0.2, 0) is 10.0 Å². The van der Waals surface area contributed by atoms with Gasteiger partial charge in [-0.2, -0.15) is 11.8 Å². The molecule has 1 heterocycles. The summed E-state index contributed by atoms with van der Waals surface area (Å²) >= 11 is 1.84. The molecule has 0 spiro atoms. The molecular formula is C12H19N3O2S2. The van der Waals surface area contributed by atoms with Crippen LogP contribution in [0.4, 0.5) is 5.69 Å². The summed E-state index contributed by atoms with van der Waals surface area (Å²) in [5.41, 5.74) is 2.82. The number of nitrogens with two attached hydrogens (primary N) is 1. The molecule has 0 aliphatic carbocycles. The van der Waals surface area contributed by atoms with Crippen molar-refractivity contribution in [2.24, 2.45) is 5.84 Å². The number of rotatable bonds is 5. The number of nitrogens with one attached hydrogen (secondary N) is 2. The fraction of sp³-hybridized carbons (Fsp3) is 0.500. The van der Waals surface area contributed by atoms with Gasteiger partial charge in [-0.25, -0.2) is 13.1 Å². The van der Waals surface area contributed by atoms with Crippen LogP contribution in [0.2, 0.25) is 0 Å². The van der Waals surface area contributed by atoms with Gasteiger partial charge in [-0.1, -0.05) is 18.6 Å². The third-order valence-corrected chi connectivity index (χ3v) is 5.99. The van der Waals surface area contributed by atoms with E-state index in [2.05, 4.69) is 10.1 Å². The van der Waals surface area contributed by atoms with Gasteiger partial charge in [-0.15, -0.1) is 0 Å². The van der Waals surface area contributed by atoms with E-state index in [9.17, 15) is 8.42 Å². The average molecular weight is 301 g/mol. The van der Waals surface area contributed by atoms with Crippen LogP contribution in [0.25, 0.3) is 0 Å². The minimum atomic E-state index is -3.51. The molecule has 1 fully saturated rings. The molecule has 1 aromatic rings. The number of nitrogen functional groups attached to an aromatic ring is 1.